The summed E-state index contributed by atoms with van der Waals surface area (Å²) in [6.45, 7) is 1.73. The normalized spacial score (nSPS) is 17.5. The number of rotatable bonds is 5. The van der Waals surface area contributed by atoms with Crippen LogP contribution in [0.1, 0.15) is 11.1 Å². The molecule has 6 heteroatoms. The minimum absolute atomic E-state index is 0.0112. The summed E-state index contributed by atoms with van der Waals surface area (Å²) < 4.78 is 5.22. The number of fused-ring (bicyclic) bond motifs is 1. The first-order valence-corrected chi connectivity index (χ1v) is 9.39. The van der Waals surface area contributed by atoms with Crippen LogP contribution in [0.2, 0.25) is 0 Å². The van der Waals surface area contributed by atoms with E-state index in [0.29, 0.717) is 37.4 Å². The molecule has 1 saturated heterocycles. The van der Waals surface area contributed by atoms with Crippen LogP contribution >= 0.6 is 0 Å². The van der Waals surface area contributed by atoms with Crippen molar-refractivity contribution in [1.82, 2.24) is 15.2 Å². The number of hydrogen-bond acceptors (Lipinski definition) is 4. The van der Waals surface area contributed by atoms with Crippen molar-refractivity contribution in [2.24, 2.45) is 0 Å². The zero-order valence-electron chi connectivity index (χ0n) is 15.8. The molecule has 1 aromatic heterocycles. The fourth-order valence-corrected chi connectivity index (χ4v) is 3.70. The Morgan fingerprint density at radius 2 is 1.93 bits per heavy atom. The van der Waals surface area contributed by atoms with Crippen LogP contribution in [0.3, 0.4) is 0 Å². The van der Waals surface area contributed by atoms with Crippen LogP contribution in [-0.2, 0) is 17.8 Å². The van der Waals surface area contributed by atoms with Crippen molar-refractivity contribution in [3.63, 3.8) is 0 Å². The van der Waals surface area contributed by atoms with Crippen molar-refractivity contribution in [2.45, 2.75) is 19.0 Å². The van der Waals surface area contributed by atoms with Gasteiger partial charge in [-0.05, 0) is 35.6 Å². The largest absolute Gasteiger partial charge is 0.497 e. The summed E-state index contributed by atoms with van der Waals surface area (Å²) in [4.78, 5) is 30.2. The van der Waals surface area contributed by atoms with Crippen LogP contribution in [0, 0.1) is 0 Å². The number of aromatic amines is 1. The second-order valence-electron chi connectivity index (χ2n) is 7.04. The second-order valence-corrected chi connectivity index (χ2v) is 7.04. The summed E-state index contributed by atoms with van der Waals surface area (Å²) >= 11 is 0. The third kappa shape index (κ3) is 3.77. The van der Waals surface area contributed by atoms with Gasteiger partial charge >= 0.3 is 0 Å². The Balaban J connectivity index is 1.61. The minimum atomic E-state index is -0.290. The number of ether oxygens (including phenoxy) is 1. The highest BCUT2D eigenvalue weighted by Gasteiger charge is 2.30. The molecule has 0 saturated carbocycles. The summed E-state index contributed by atoms with van der Waals surface area (Å²) in [5.41, 5.74) is 2.37. The summed E-state index contributed by atoms with van der Waals surface area (Å²) in [5, 5.41) is 3.89. The van der Waals surface area contributed by atoms with Gasteiger partial charge in [0.1, 0.15) is 5.75 Å². The Hall–Kier alpha value is -3.12. The number of carbonyl (C=O) groups is 1. The van der Waals surface area contributed by atoms with E-state index in [1.54, 1.807) is 7.11 Å². The van der Waals surface area contributed by atoms with Crippen LogP contribution in [0.15, 0.2) is 59.4 Å². The quantitative estimate of drug-likeness (QED) is 0.714. The number of H-pyrrole nitrogens is 1. The lowest BCUT2D eigenvalue weighted by Crippen LogP contribution is -2.55. The Labute approximate surface area is 163 Å². The molecule has 0 spiro atoms. The number of nitrogens with zero attached hydrogens (tertiary/aromatic N) is 1. The van der Waals surface area contributed by atoms with Crippen LogP contribution in [-0.4, -0.2) is 42.0 Å². The van der Waals surface area contributed by atoms with Crippen molar-refractivity contribution in [3.05, 3.63) is 76.1 Å². The van der Waals surface area contributed by atoms with Gasteiger partial charge in [-0.3, -0.25) is 14.5 Å². The molecule has 1 amide bonds. The lowest BCUT2D eigenvalue weighted by Gasteiger charge is -2.35. The van der Waals surface area contributed by atoms with E-state index in [1.807, 2.05) is 54.6 Å². The first kappa shape index (κ1) is 18.3. The molecule has 1 aliphatic heterocycles. The summed E-state index contributed by atoms with van der Waals surface area (Å²) in [5.74, 6) is 0.712. The molecule has 0 bridgehead atoms. The number of aromatic nitrogens is 1. The standard InChI is InChI=1S/C22H23N3O3/c1-28-18-8-7-16-12-17(21(26)24-19(16)13-18)14-25-10-9-23-22(27)20(25)11-15-5-3-2-4-6-15/h2-8,12-13,20H,9-11,14H2,1H3,(H,23,27)(H,24,26)/t20-/m0/s1. The summed E-state index contributed by atoms with van der Waals surface area (Å²) in [6.07, 6.45) is 0.620. The van der Waals surface area contributed by atoms with Crippen molar-refractivity contribution in [3.8, 4) is 5.75 Å². The van der Waals surface area contributed by atoms with E-state index < -0.39 is 0 Å². The number of carbonyl (C=O) groups excluding carboxylic acids is 1. The third-order valence-electron chi connectivity index (χ3n) is 5.22. The number of hydrogen-bond donors (Lipinski definition) is 2. The highest BCUT2D eigenvalue weighted by atomic mass is 16.5. The van der Waals surface area contributed by atoms with E-state index in [9.17, 15) is 9.59 Å². The molecule has 1 fully saturated rings. The van der Waals surface area contributed by atoms with Crippen molar-refractivity contribution >= 4 is 16.8 Å². The van der Waals surface area contributed by atoms with Crippen molar-refractivity contribution in [2.75, 3.05) is 20.2 Å². The molecular weight excluding hydrogens is 354 g/mol. The van der Waals surface area contributed by atoms with Gasteiger partial charge in [0.25, 0.3) is 5.56 Å². The molecule has 4 rings (SSSR count). The van der Waals surface area contributed by atoms with Crippen LogP contribution in [0.5, 0.6) is 5.75 Å². The molecule has 0 aliphatic carbocycles. The monoisotopic (exact) mass is 377 g/mol. The van der Waals surface area contributed by atoms with Gasteiger partial charge in [0.15, 0.2) is 0 Å². The lowest BCUT2D eigenvalue weighted by molar-refractivity contribution is -0.129. The van der Waals surface area contributed by atoms with E-state index in [-0.39, 0.29) is 17.5 Å². The number of piperazine rings is 1. The van der Waals surface area contributed by atoms with Gasteiger partial charge in [-0.25, -0.2) is 0 Å². The number of methoxy groups -OCH3 is 1. The van der Waals surface area contributed by atoms with E-state index in [2.05, 4.69) is 15.2 Å². The molecule has 6 nitrogen and oxygen atoms in total. The average molecular weight is 377 g/mol. The number of amides is 1. The Kier molecular flexibility index (Phi) is 5.12. The van der Waals surface area contributed by atoms with Crippen LogP contribution < -0.4 is 15.6 Å². The first-order chi connectivity index (χ1) is 13.6. The van der Waals surface area contributed by atoms with E-state index in [4.69, 9.17) is 4.74 Å². The maximum absolute atomic E-state index is 12.6. The number of benzene rings is 2. The number of pyridine rings is 1. The third-order valence-corrected chi connectivity index (χ3v) is 5.22. The Morgan fingerprint density at radius 1 is 1.11 bits per heavy atom. The molecule has 2 heterocycles. The van der Waals surface area contributed by atoms with E-state index in [1.165, 1.54) is 0 Å². The zero-order chi connectivity index (χ0) is 19.5. The molecule has 1 atom stereocenters. The van der Waals surface area contributed by atoms with Gasteiger partial charge in [-0.15, -0.1) is 0 Å². The maximum Gasteiger partial charge on any atom is 0.252 e. The van der Waals surface area contributed by atoms with Crippen molar-refractivity contribution < 1.29 is 9.53 Å². The molecule has 28 heavy (non-hydrogen) atoms. The Bertz CT molecular complexity index is 1050. The van der Waals surface area contributed by atoms with Gasteiger partial charge in [0.2, 0.25) is 5.91 Å². The highest BCUT2D eigenvalue weighted by Crippen LogP contribution is 2.20. The van der Waals surface area contributed by atoms with Gasteiger partial charge < -0.3 is 15.0 Å². The minimum Gasteiger partial charge on any atom is -0.497 e. The van der Waals surface area contributed by atoms with E-state index in [0.717, 1.165) is 16.5 Å². The molecule has 0 unspecified atom stereocenters. The van der Waals surface area contributed by atoms with Crippen LogP contribution in [0.25, 0.3) is 10.9 Å². The predicted octanol–water partition coefficient (Wildman–Crippen LogP) is 2.08. The fraction of sp³-hybridized carbons (Fsp3) is 0.273. The van der Waals surface area contributed by atoms with Gasteiger partial charge in [-0.1, -0.05) is 30.3 Å². The SMILES string of the molecule is COc1ccc2cc(CN3CCNC(=O)[C@@H]3Cc3ccccc3)c(=O)[nH]c2c1. The molecule has 3 aromatic rings. The highest BCUT2D eigenvalue weighted by molar-refractivity contribution is 5.83. The molecule has 0 radical (unpaired) electrons. The first-order valence-electron chi connectivity index (χ1n) is 9.39. The van der Waals surface area contributed by atoms with Gasteiger partial charge in [-0.2, -0.15) is 0 Å². The smallest absolute Gasteiger partial charge is 0.252 e. The van der Waals surface area contributed by atoms with Crippen molar-refractivity contribution in [1.29, 1.82) is 0 Å². The van der Waals surface area contributed by atoms with Gasteiger partial charge in [0, 0.05) is 31.3 Å². The molecule has 144 valence electrons. The lowest BCUT2D eigenvalue weighted by atomic mass is 10.0. The summed E-state index contributed by atoms with van der Waals surface area (Å²) in [7, 11) is 1.60. The molecular formula is C22H23N3O3. The zero-order valence-corrected chi connectivity index (χ0v) is 15.8. The summed E-state index contributed by atoms with van der Waals surface area (Å²) in [6, 6.07) is 17.2. The van der Waals surface area contributed by atoms with E-state index >= 15 is 0 Å². The molecule has 2 N–H and O–H groups in total. The number of nitrogens with one attached hydrogen (secondary N) is 2. The fourth-order valence-electron chi connectivity index (χ4n) is 3.70. The van der Waals surface area contributed by atoms with Crippen LogP contribution in [0.4, 0.5) is 0 Å². The molecule has 1 aliphatic rings. The molecule has 2 aromatic carbocycles. The second kappa shape index (κ2) is 7.86. The predicted molar refractivity (Wildman–Crippen MR) is 108 cm³/mol. The Morgan fingerprint density at radius 3 is 2.71 bits per heavy atom. The maximum atomic E-state index is 12.6. The van der Waals surface area contributed by atoms with Gasteiger partial charge in [0.05, 0.1) is 18.7 Å². The topological polar surface area (TPSA) is 74.4 Å². The average Bonchev–Trinajstić information content (AvgIpc) is 2.71.